The van der Waals surface area contributed by atoms with Gasteiger partial charge in [-0.15, -0.1) is 11.3 Å². The maximum Gasteiger partial charge on any atom is 0.236 e. The molecule has 0 atom stereocenters. The molecule has 0 bridgehead atoms. The van der Waals surface area contributed by atoms with Crippen molar-refractivity contribution in [2.75, 3.05) is 0 Å². The standard InChI is InChI=1S/C12H12N2O2S/c15-11(8-3-4-8)13-6-9-7-16-12(14-9)10-2-1-5-17-10/h1-2,5,7-8H,3-4,6H2,(H,13,15). The molecule has 0 aromatic carbocycles. The van der Waals surface area contributed by atoms with E-state index in [-0.39, 0.29) is 11.8 Å². The molecular weight excluding hydrogens is 236 g/mol. The molecule has 88 valence electrons. The average molecular weight is 248 g/mol. The predicted molar refractivity (Wildman–Crippen MR) is 64.4 cm³/mol. The lowest BCUT2D eigenvalue weighted by molar-refractivity contribution is -0.122. The molecule has 0 spiro atoms. The number of thiophene rings is 1. The van der Waals surface area contributed by atoms with E-state index >= 15 is 0 Å². The van der Waals surface area contributed by atoms with Crippen molar-refractivity contribution < 1.29 is 9.21 Å². The Morgan fingerprint density at radius 3 is 3.18 bits per heavy atom. The molecule has 2 heterocycles. The van der Waals surface area contributed by atoms with Crippen molar-refractivity contribution in [1.82, 2.24) is 10.3 Å². The number of nitrogens with one attached hydrogen (secondary N) is 1. The van der Waals surface area contributed by atoms with Crippen LogP contribution in [0.1, 0.15) is 18.5 Å². The zero-order chi connectivity index (χ0) is 11.7. The van der Waals surface area contributed by atoms with Crippen molar-refractivity contribution >= 4 is 17.2 Å². The number of amides is 1. The fraction of sp³-hybridized carbons (Fsp3) is 0.333. The normalized spacial score (nSPS) is 14.8. The second-order valence-electron chi connectivity index (χ2n) is 4.11. The molecule has 5 heteroatoms. The van der Waals surface area contributed by atoms with Gasteiger partial charge in [0.05, 0.1) is 17.1 Å². The number of aromatic nitrogens is 1. The summed E-state index contributed by atoms with van der Waals surface area (Å²) < 4.78 is 5.37. The summed E-state index contributed by atoms with van der Waals surface area (Å²) in [7, 11) is 0. The minimum Gasteiger partial charge on any atom is -0.443 e. The summed E-state index contributed by atoms with van der Waals surface area (Å²) in [5.41, 5.74) is 0.766. The molecule has 3 rings (SSSR count). The Morgan fingerprint density at radius 2 is 2.47 bits per heavy atom. The Balaban J connectivity index is 1.62. The zero-order valence-electron chi connectivity index (χ0n) is 9.18. The van der Waals surface area contributed by atoms with E-state index < -0.39 is 0 Å². The minimum atomic E-state index is 0.130. The van der Waals surface area contributed by atoms with Gasteiger partial charge in [0.25, 0.3) is 0 Å². The summed E-state index contributed by atoms with van der Waals surface area (Å²) in [6.07, 6.45) is 3.64. The molecule has 17 heavy (non-hydrogen) atoms. The summed E-state index contributed by atoms with van der Waals surface area (Å²) in [6.45, 7) is 0.449. The van der Waals surface area contributed by atoms with E-state index in [1.807, 2.05) is 17.5 Å². The summed E-state index contributed by atoms with van der Waals surface area (Å²) in [6, 6.07) is 3.92. The van der Waals surface area contributed by atoms with Crippen LogP contribution in [0.4, 0.5) is 0 Å². The molecule has 4 nitrogen and oxygen atoms in total. The number of nitrogens with zero attached hydrogens (tertiary/aromatic N) is 1. The largest absolute Gasteiger partial charge is 0.443 e. The van der Waals surface area contributed by atoms with Gasteiger partial charge in [-0.1, -0.05) is 6.07 Å². The highest BCUT2D eigenvalue weighted by Crippen LogP contribution is 2.29. The average Bonchev–Trinajstić information content (AvgIpc) is 2.87. The number of rotatable bonds is 4. The number of carbonyl (C=O) groups is 1. The lowest BCUT2D eigenvalue weighted by atomic mass is 10.4. The molecule has 0 aliphatic heterocycles. The van der Waals surface area contributed by atoms with Crippen molar-refractivity contribution in [2.24, 2.45) is 5.92 Å². The smallest absolute Gasteiger partial charge is 0.236 e. The Bertz CT molecular complexity index is 514. The van der Waals surface area contributed by atoms with E-state index in [1.165, 1.54) is 0 Å². The highest BCUT2D eigenvalue weighted by atomic mass is 32.1. The van der Waals surface area contributed by atoms with Crippen molar-refractivity contribution in [3.05, 3.63) is 29.5 Å². The van der Waals surface area contributed by atoms with Gasteiger partial charge in [0.1, 0.15) is 6.26 Å². The number of hydrogen-bond donors (Lipinski definition) is 1. The van der Waals surface area contributed by atoms with Crippen LogP contribution in [0.5, 0.6) is 0 Å². The first-order valence-electron chi connectivity index (χ1n) is 5.59. The van der Waals surface area contributed by atoms with Crippen LogP contribution in [0.2, 0.25) is 0 Å². The highest BCUT2D eigenvalue weighted by Gasteiger charge is 2.29. The monoisotopic (exact) mass is 248 g/mol. The molecule has 1 aliphatic carbocycles. The first-order valence-corrected chi connectivity index (χ1v) is 6.47. The molecule has 1 aliphatic rings. The molecule has 0 unspecified atom stereocenters. The van der Waals surface area contributed by atoms with Crippen molar-refractivity contribution in [3.8, 4) is 10.8 Å². The zero-order valence-corrected chi connectivity index (χ0v) is 10.00. The Morgan fingerprint density at radius 1 is 1.59 bits per heavy atom. The van der Waals surface area contributed by atoms with Gasteiger partial charge in [0.15, 0.2) is 0 Å². The summed E-state index contributed by atoms with van der Waals surface area (Å²) >= 11 is 1.59. The van der Waals surface area contributed by atoms with Crippen LogP contribution >= 0.6 is 11.3 Å². The quantitative estimate of drug-likeness (QED) is 0.904. The predicted octanol–water partition coefficient (Wildman–Crippen LogP) is 2.43. The molecule has 1 N–H and O–H groups in total. The van der Waals surface area contributed by atoms with E-state index in [1.54, 1.807) is 17.6 Å². The third kappa shape index (κ3) is 2.39. The van der Waals surface area contributed by atoms with Crippen molar-refractivity contribution in [2.45, 2.75) is 19.4 Å². The van der Waals surface area contributed by atoms with Crippen LogP contribution in [0, 0.1) is 5.92 Å². The number of oxazole rings is 1. The van der Waals surface area contributed by atoms with Gasteiger partial charge in [-0.25, -0.2) is 4.98 Å². The minimum absolute atomic E-state index is 0.130. The fourth-order valence-electron chi connectivity index (χ4n) is 1.57. The summed E-state index contributed by atoms with van der Waals surface area (Å²) in [5, 5.41) is 4.84. The van der Waals surface area contributed by atoms with Crippen LogP contribution in [-0.2, 0) is 11.3 Å². The van der Waals surface area contributed by atoms with Gasteiger partial charge in [0.2, 0.25) is 11.8 Å². The maximum atomic E-state index is 11.4. The third-order valence-corrected chi connectivity index (χ3v) is 3.53. The first-order chi connectivity index (χ1) is 8.33. The van der Waals surface area contributed by atoms with E-state index in [4.69, 9.17) is 4.42 Å². The fourth-order valence-corrected chi connectivity index (χ4v) is 2.22. The SMILES string of the molecule is O=C(NCc1coc(-c2cccs2)n1)C1CC1. The molecule has 2 aromatic heterocycles. The topological polar surface area (TPSA) is 55.1 Å². The number of hydrogen-bond acceptors (Lipinski definition) is 4. The third-order valence-electron chi connectivity index (χ3n) is 2.68. The van der Waals surface area contributed by atoms with Gasteiger partial charge in [-0.2, -0.15) is 0 Å². The van der Waals surface area contributed by atoms with Gasteiger partial charge < -0.3 is 9.73 Å². The van der Waals surface area contributed by atoms with Crippen LogP contribution in [0.3, 0.4) is 0 Å². The van der Waals surface area contributed by atoms with Crippen LogP contribution in [-0.4, -0.2) is 10.9 Å². The van der Waals surface area contributed by atoms with E-state index in [9.17, 15) is 4.79 Å². The van der Waals surface area contributed by atoms with Gasteiger partial charge in [-0.3, -0.25) is 4.79 Å². The lowest BCUT2D eigenvalue weighted by Gasteiger charge is -1.99. The van der Waals surface area contributed by atoms with Gasteiger partial charge in [0, 0.05) is 5.92 Å². The molecule has 1 fully saturated rings. The van der Waals surface area contributed by atoms with Crippen molar-refractivity contribution in [3.63, 3.8) is 0 Å². The Hall–Kier alpha value is -1.62. The van der Waals surface area contributed by atoms with E-state index in [0.29, 0.717) is 12.4 Å². The Labute approximate surface area is 103 Å². The molecular formula is C12H12N2O2S. The van der Waals surface area contributed by atoms with Crippen LogP contribution in [0.25, 0.3) is 10.8 Å². The van der Waals surface area contributed by atoms with Crippen LogP contribution in [0.15, 0.2) is 28.2 Å². The van der Waals surface area contributed by atoms with Gasteiger partial charge in [-0.05, 0) is 24.3 Å². The van der Waals surface area contributed by atoms with Crippen LogP contribution < -0.4 is 5.32 Å². The lowest BCUT2D eigenvalue weighted by Crippen LogP contribution is -2.24. The molecule has 1 amide bonds. The number of carbonyl (C=O) groups excluding carboxylic acids is 1. The second-order valence-corrected chi connectivity index (χ2v) is 5.06. The molecule has 1 saturated carbocycles. The van der Waals surface area contributed by atoms with Crippen molar-refractivity contribution in [1.29, 1.82) is 0 Å². The second kappa shape index (κ2) is 4.33. The molecule has 2 aromatic rings. The summed E-state index contributed by atoms with van der Waals surface area (Å²) in [4.78, 5) is 16.8. The highest BCUT2D eigenvalue weighted by molar-refractivity contribution is 7.13. The first kappa shape index (κ1) is 10.5. The van der Waals surface area contributed by atoms with E-state index in [0.717, 1.165) is 23.4 Å². The Kier molecular flexibility index (Phi) is 2.68. The van der Waals surface area contributed by atoms with Gasteiger partial charge >= 0.3 is 0 Å². The van der Waals surface area contributed by atoms with E-state index in [2.05, 4.69) is 10.3 Å². The molecule has 0 saturated heterocycles. The maximum absolute atomic E-state index is 11.4. The summed E-state index contributed by atoms with van der Waals surface area (Å²) in [5.74, 6) is 0.986. The molecule has 0 radical (unpaired) electrons.